The molecule has 0 bridgehead atoms. The Morgan fingerprint density at radius 1 is 1.85 bits per heavy atom. The van der Waals surface area contributed by atoms with Crippen LogP contribution in [0.2, 0.25) is 0 Å². The number of rotatable bonds is 3. The molecule has 5 heteroatoms. The Kier molecular flexibility index (Phi) is 3.70. The number of amides is 1. The Bertz CT molecular complexity index is 215. The maximum Gasteiger partial charge on any atom is 0.219 e. The molecule has 13 heavy (non-hydrogen) atoms. The minimum atomic E-state index is -0.308. The number of hydrogen-bond acceptors (Lipinski definition) is 4. The van der Waals surface area contributed by atoms with Gasteiger partial charge in [0.15, 0.2) is 0 Å². The van der Waals surface area contributed by atoms with Gasteiger partial charge in [-0.15, -0.1) is 0 Å². The highest BCUT2D eigenvalue weighted by Gasteiger charge is 2.10. The topological polar surface area (TPSA) is 76.7 Å². The molecular weight excluding hydrogens is 170 g/mol. The van der Waals surface area contributed by atoms with Crippen LogP contribution in [0.4, 0.5) is 0 Å². The van der Waals surface area contributed by atoms with Gasteiger partial charge in [0.25, 0.3) is 0 Å². The van der Waals surface area contributed by atoms with Crippen molar-refractivity contribution >= 4 is 11.7 Å². The quantitative estimate of drug-likeness (QED) is 0.608. The molecule has 0 fully saturated rings. The van der Waals surface area contributed by atoms with Crippen LogP contribution in [0, 0.1) is 0 Å². The van der Waals surface area contributed by atoms with Gasteiger partial charge in [-0.25, -0.2) is 0 Å². The molecule has 1 aliphatic rings. The lowest BCUT2D eigenvalue weighted by Crippen LogP contribution is -2.39. The lowest BCUT2D eigenvalue weighted by Gasteiger charge is -2.18. The molecule has 3 N–H and O–H groups in total. The summed E-state index contributed by atoms with van der Waals surface area (Å²) in [6, 6.07) is 0.0259. The van der Waals surface area contributed by atoms with E-state index in [2.05, 4.69) is 10.3 Å². The molecule has 0 saturated heterocycles. The predicted octanol–water partition coefficient (Wildman–Crippen LogP) is -0.731. The number of carbonyl (C=O) groups excluding carboxylic acids is 1. The summed E-state index contributed by atoms with van der Waals surface area (Å²) in [5.41, 5.74) is 5.05. The second kappa shape index (κ2) is 4.81. The van der Waals surface area contributed by atoms with Crippen molar-refractivity contribution in [3.8, 4) is 0 Å². The highest BCUT2D eigenvalue weighted by atomic mass is 16.5. The van der Waals surface area contributed by atoms with E-state index in [9.17, 15) is 4.79 Å². The van der Waals surface area contributed by atoms with Gasteiger partial charge in [-0.05, 0) is 6.92 Å². The maximum atomic E-state index is 10.6. The van der Waals surface area contributed by atoms with Crippen LogP contribution in [0.3, 0.4) is 0 Å². The Hall–Kier alpha value is -1.10. The normalized spacial score (nSPS) is 19.0. The standard InChI is InChI=1S/C8H15N3O2/c1-6(4-7(9)12)11-8-5-13-3-2-10-8/h6H,2-5H2,1H3,(H2,9,12)(H,10,11). The molecule has 5 nitrogen and oxygen atoms in total. The second-order valence-electron chi connectivity index (χ2n) is 3.10. The van der Waals surface area contributed by atoms with E-state index in [4.69, 9.17) is 10.5 Å². The first-order valence-electron chi connectivity index (χ1n) is 4.34. The van der Waals surface area contributed by atoms with Crippen LogP contribution >= 0.6 is 0 Å². The highest BCUT2D eigenvalue weighted by molar-refractivity contribution is 5.84. The van der Waals surface area contributed by atoms with E-state index < -0.39 is 0 Å². The van der Waals surface area contributed by atoms with Gasteiger partial charge in [-0.2, -0.15) is 0 Å². The van der Waals surface area contributed by atoms with E-state index in [1.807, 2.05) is 6.92 Å². The summed E-state index contributed by atoms with van der Waals surface area (Å²) in [4.78, 5) is 14.8. The summed E-state index contributed by atoms with van der Waals surface area (Å²) in [6.07, 6.45) is 0.318. The van der Waals surface area contributed by atoms with E-state index >= 15 is 0 Å². The molecule has 0 radical (unpaired) electrons. The average molecular weight is 185 g/mol. The van der Waals surface area contributed by atoms with Crippen molar-refractivity contribution in [2.75, 3.05) is 19.8 Å². The summed E-state index contributed by atoms with van der Waals surface area (Å²) in [5, 5.41) is 3.07. The molecule has 1 unspecified atom stereocenters. The number of nitrogens with two attached hydrogens (primary N) is 1. The van der Waals surface area contributed by atoms with Crippen LogP contribution in [0.5, 0.6) is 0 Å². The average Bonchev–Trinajstić information content (AvgIpc) is 2.04. The molecule has 0 saturated carbocycles. The monoisotopic (exact) mass is 185 g/mol. The highest BCUT2D eigenvalue weighted by Crippen LogP contribution is 1.93. The zero-order valence-corrected chi connectivity index (χ0v) is 7.75. The van der Waals surface area contributed by atoms with Gasteiger partial charge in [0.05, 0.1) is 13.2 Å². The number of hydrogen-bond donors (Lipinski definition) is 2. The molecule has 1 heterocycles. The fourth-order valence-electron chi connectivity index (χ4n) is 1.18. The SMILES string of the molecule is CC(CC(N)=O)NC1=NCCOC1. The number of carbonyl (C=O) groups is 1. The predicted molar refractivity (Wildman–Crippen MR) is 49.5 cm³/mol. The van der Waals surface area contributed by atoms with E-state index in [-0.39, 0.29) is 11.9 Å². The minimum Gasteiger partial charge on any atom is -0.372 e. The van der Waals surface area contributed by atoms with Crippen LogP contribution in [0.1, 0.15) is 13.3 Å². The summed E-state index contributed by atoms with van der Waals surface area (Å²) in [5.74, 6) is 0.498. The maximum absolute atomic E-state index is 10.6. The number of ether oxygens (including phenoxy) is 1. The molecule has 1 amide bonds. The van der Waals surface area contributed by atoms with Crippen molar-refractivity contribution in [3.05, 3.63) is 0 Å². The van der Waals surface area contributed by atoms with Gasteiger partial charge in [0, 0.05) is 12.5 Å². The molecule has 1 aliphatic heterocycles. The third-order valence-electron chi connectivity index (χ3n) is 1.70. The number of nitrogens with zero attached hydrogens (tertiary/aromatic N) is 1. The molecule has 1 rings (SSSR count). The molecule has 74 valence electrons. The summed E-state index contributed by atoms with van der Waals surface area (Å²) in [6.45, 7) is 3.76. The fraction of sp³-hybridized carbons (Fsp3) is 0.750. The Morgan fingerprint density at radius 2 is 2.62 bits per heavy atom. The number of nitrogens with one attached hydrogen (secondary N) is 1. The van der Waals surface area contributed by atoms with Crippen molar-refractivity contribution in [2.24, 2.45) is 10.7 Å². The molecule has 0 spiro atoms. The van der Waals surface area contributed by atoms with E-state index in [0.29, 0.717) is 26.2 Å². The Balaban J connectivity index is 2.30. The summed E-state index contributed by atoms with van der Waals surface area (Å²) >= 11 is 0. The zero-order chi connectivity index (χ0) is 9.68. The smallest absolute Gasteiger partial charge is 0.219 e. The molecule has 1 atom stereocenters. The van der Waals surface area contributed by atoms with Gasteiger partial charge in [-0.3, -0.25) is 9.79 Å². The van der Waals surface area contributed by atoms with Crippen molar-refractivity contribution < 1.29 is 9.53 Å². The Labute approximate surface area is 77.3 Å². The van der Waals surface area contributed by atoms with Crippen molar-refractivity contribution in [1.82, 2.24) is 5.32 Å². The molecule has 0 aromatic rings. The van der Waals surface area contributed by atoms with Gasteiger partial charge in [-0.1, -0.05) is 0 Å². The number of primary amides is 1. The number of aliphatic imine (C=N–C) groups is 1. The van der Waals surface area contributed by atoms with Crippen molar-refractivity contribution in [3.63, 3.8) is 0 Å². The van der Waals surface area contributed by atoms with Gasteiger partial charge < -0.3 is 15.8 Å². The van der Waals surface area contributed by atoms with Crippen LogP contribution in [0.15, 0.2) is 4.99 Å². The second-order valence-corrected chi connectivity index (χ2v) is 3.10. The number of amidine groups is 1. The van der Waals surface area contributed by atoms with E-state index in [1.165, 1.54) is 0 Å². The molecule has 0 aromatic carbocycles. The summed E-state index contributed by atoms with van der Waals surface area (Å²) in [7, 11) is 0. The fourth-order valence-corrected chi connectivity index (χ4v) is 1.18. The van der Waals surface area contributed by atoms with Gasteiger partial charge >= 0.3 is 0 Å². The first-order chi connectivity index (χ1) is 6.18. The molecule has 0 aromatic heterocycles. The van der Waals surface area contributed by atoms with Gasteiger partial charge in [0.1, 0.15) is 12.4 Å². The van der Waals surface area contributed by atoms with Crippen molar-refractivity contribution in [2.45, 2.75) is 19.4 Å². The van der Waals surface area contributed by atoms with E-state index in [1.54, 1.807) is 0 Å². The summed E-state index contributed by atoms with van der Waals surface area (Å²) < 4.78 is 5.18. The third kappa shape index (κ3) is 3.89. The van der Waals surface area contributed by atoms with E-state index in [0.717, 1.165) is 5.84 Å². The van der Waals surface area contributed by atoms with Crippen LogP contribution < -0.4 is 11.1 Å². The zero-order valence-electron chi connectivity index (χ0n) is 7.75. The first kappa shape index (κ1) is 9.98. The lowest BCUT2D eigenvalue weighted by molar-refractivity contribution is -0.118. The molecular formula is C8H15N3O2. The Morgan fingerprint density at radius 3 is 3.15 bits per heavy atom. The van der Waals surface area contributed by atoms with Crippen LogP contribution in [0.25, 0.3) is 0 Å². The lowest BCUT2D eigenvalue weighted by atomic mass is 10.2. The van der Waals surface area contributed by atoms with Crippen LogP contribution in [-0.2, 0) is 9.53 Å². The minimum absolute atomic E-state index is 0.0259. The first-order valence-corrected chi connectivity index (χ1v) is 4.34. The van der Waals surface area contributed by atoms with Gasteiger partial charge in [0.2, 0.25) is 5.91 Å². The molecule has 0 aliphatic carbocycles. The van der Waals surface area contributed by atoms with Crippen LogP contribution in [-0.4, -0.2) is 37.5 Å². The largest absolute Gasteiger partial charge is 0.372 e. The van der Waals surface area contributed by atoms with Crippen molar-refractivity contribution in [1.29, 1.82) is 0 Å². The third-order valence-corrected chi connectivity index (χ3v) is 1.70.